The first-order valence-corrected chi connectivity index (χ1v) is 6.46. The van der Waals surface area contributed by atoms with Crippen LogP contribution in [0.4, 0.5) is 5.69 Å². The maximum atomic E-state index is 11.8. The molecule has 1 fully saturated rings. The van der Waals surface area contributed by atoms with Crippen LogP contribution in [-0.2, 0) is 16.1 Å². The summed E-state index contributed by atoms with van der Waals surface area (Å²) in [6.07, 6.45) is 0.663. The maximum Gasteiger partial charge on any atom is 0.249 e. The number of carbonyl (C=O) groups excluding carboxylic acids is 2. The van der Waals surface area contributed by atoms with Crippen molar-refractivity contribution in [1.82, 2.24) is 5.32 Å². The number of hydrogen-bond donors (Lipinski definition) is 2. The highest BCUT2D eigenvalue weighted by molar-refractivity contribution is 6.04. The third kappa shape index (κ3) is 2.61. The van der Waals surface area contributed by atoms with Crippen LogP contribution in [0.1, 0.15) is 24.5 Å². The van der Waals surface area contributed by atoms with E-state index in [0.717, 1.165) is 16.8 Å². The third-order valence-corrected chi connectivity index (χ3v) is 3.52. The summed E-state index contributed by atoms with van der Waals surface area (Å²) in [5.41, 5.74) is 8.69. The molecule has 0 aromatic heterocycles. The SMILES string of the molecule is CCC1C(=O)NC(=O)CN1c1ccc(CN)c(C)c1. The van der Waals surface area contributed by atoms with Crippen molar-refractivity contribution in [3.63, 3.8) is 0 Å². The second-order valence-electron chi connectivity index (χ2n) is 4.78. The van der Waals surface area contributed by atoms with E-state index in [1.54, 1.807) is 0 Å². The quantitative estimate of drug-likeness (QED) is 0.785. The average molecular weight is 261 g/mol. The minimum absolute atomic E-state index is 0.214. The summed E-state index contributed by atoms with van der Waals surface area (Å²) >= 11 is 0. The molecular formula is C14H19N3O2. The van der Waals surface area contributed by atoms with Gasteiger partial charge in [0.1, 0.15) is 6.04 Å². The van der Waals surface area contributed by atoms with Gasteiger partial charge in [0.05, 0.1) is 6.54 Å². The van der Waals surface area contributed by atoms with Gasteiger partial charge in [-0.1, -0.05) is 13.0 Å². The molecule has 1 heterocycles. The van der Waals surface area contributed by atoms with Crippen molar-refractivity contribution < 1.29 is 9.59 Å². The molecule has 1 atom stereocenters. The van der Waals surface area contributed by atoms with Gasteiger partial charge in [-0.2, -0.15) is 0 Å². The molecule has 102 valence electrons. The van der Waals surface area contributed by atoms with Gasteiger partial charge in [0.2, 0.25) is 11.8 Å². The lowest BCUT2D eigenvalue weighted by Crippen LogP contribution is -2.58. The summed E-state index contributed by atoms with van der Waals surface area (Å²) in [7, 11) is 0. The molecule has 0 bridgehead atoms. The highest BCUT2D eigenvalue weighted by Crippen LogP contribution is 2.23. The Hall–Kier alpha value is -1.88. The molecule has 2 amide bonds. The van der Waals surface area contributed by atoms with Crippen LogP contribution in [0.2, 0.25) is 0 Å². The van der Waals surface area contributed by atoms with Crippen molar-refractivity contribution in [2.75, 3.05) is 11.4 Å². The lowest BCUT2D eigenvalue weighted by molar-refractivity contribution is -0.132. The number of aryl methyl sites for hydroxylation is 1. The Kier molecular flexibility index (Phi) is 3.85. The zero-order chi connectivity index (χ0) is 14.0. The highest BCUT2D eigenvalue weighted by Gasteiger charge is 2.32. The molecule has 0 spiro atoms. The van der Waals surface area contributed by atoms with Gasteiger partial charge in [-0.25, -0.2) is 0 Å². The molecule has 5 nitrogen and oxygen atoms in total. The number of nitrogens with one attached hydrogen (secondary N) is 1. The molecule has 3 N–H and O–H groups in total. The van der Waals surface area contributed by atoms with Crippen LogP contribution >= 0.6 is 0 Å². The Morgan fingerprint density at radius 2 is 2.16 bits per heavy atom. The third-order valence-electron chi connectivity index (χ3n) is 3.52. The van der Waals surface area contributed by atoms with Crippen molar-refractivity contribution >= 4 is 17.5 Å². The average Bonchev–Trinajstić information content (AvgIpc) is 2.37. The van der Waals surface area contributed by atoms with E-state index in [0.29, 0.717) is 13.0 Å². The summed E-state index contributed by atoms with van der Waals surface area (Å²) in [4.78, 5) is 25.2. The van der Waals surface area contributed by atoms with Crippen molar-refractivity contribution in [2.45, 2.75) is 32.9 Å². The topological polar surface area (TPSA) is 75.4 Å². The summed E-state index contributed by atoms with van der Waals surface area (Å²) in [5.74, 6) is -0.477. The van der Waals surface area contributed by atoms with Crippen LogP contribution < -0.4 is 16.0 Å². The number of carbonyl (C=O) groups is 2. The molecule has 1 unspecified atom stereocenters. The Bertz CT molecular complexity index is 513. The van der Waals surface area contributed by atoms with Gasteiger partial charge >= 0.3 is 0 Å². The molecule has 19 heavy (non-hydrogen) atoms. The number of nitrogens with zero attached hydrogens (tertiary/aromatic N) is 1. The van der Waals surface area contributed by atoms with Gasteiger partial charge in [0.15, 0.2) is 0 Å². The van der Waals surface area contributed by atoms with Gasteiger partial charge < -0.3 is 10.6 Å². The van der Waals surface area contributed by atoms with Crippen molar-refractivity contribution in [3.05, 3.63) is 29.3 Å². The first-order chi connectivity index (χ1) is 9.06. The lowest BCUT2D eigenvalue weighted by Gasteiger charge is -2.35. The number of piperazine rings is 1. The predicted molar refractivity (Wildman–Crippen MR) is 73.6 cm³/mol. The molecule has 0 aliphatic carbocycles. The van der Waals surface area contributed by atoms with Crippen LogP contribution in [0.3, 0.4) is 0 Å². The highest BCUT2D eigenvalue weighted by atomic mass is 16.2. The first-order valence-electron chi connectivity index (χ1n) is 6.46. The normalized spacial score (nSPS) is 19.5. The number of benzene rings is 1. The van der Waals surface area contributed by atoms with E-state index in [2.05, 4.69) is 5.32 Å². The summed E-state index contributed by atoms with van der Waals surface area (Å²) in [6, 6.07) is 5.57. The van der Waals surface area contributed by atoms with E-state index in [-0.39, 0.29) is 24.4 Å². The molecule has 1 aliphatic rings. The number of imide groups is 1. The number of rotatable bonds is 3. The Labute approximate surface area is 112 Å². The number of nitrogens with two attached hydrogens (primary N) is 1. The largest absolute Gasteiger partial charge is 0.350 e. The number of amides is 2. The lowest BCUT2D eigenvalue weighted by atomic mass is 10.0. The van der Waals surface area contributed by atoms with E-state index in [9.17, 15) is 9.59 Å². The monoisotopic (exact) mass is 261 g/mol. The molecule has 0 saturated carbocycles. The summed E-state index contributed by atoms with van der Waals surface area (Å²) in [6.45, 7) is 4.63. The minimum Gasteiger partial charge on any atom is -0.350 e. The molecule has 1 aromatic carbocycles. The summed E-state index contributed by atoms with van der Waals surface area (Å²) in [5, 5.41) is 2.38. The molecule has 5 heteroatoms. The van der Waals surface area contributed by atoms with Gasteiger partial charge in [-0.3, -0.25) is 14.9 Å². The van der Waals surface area contributed by atoms with Crippen LogP contribution in [-0.4, -0.2) is 24.4 Å². The number of hydrogen-bond acceptors (Lipinski definition) is 4. The Balaban J connectivity index is 2.35. The second kappa shape index (κ2) is 5.40. The fourth-order valence-electron chi connectivity index (χ4n) is 2.43. The van der Waals surface area contributed by atoms with Crippen molar-refractivity contribution in [2.24, 2.45) is 5.73 Å². The number of anilines is 1. The van der Waals surface area contributed by atoms with E-state index < -0.39 is 0 Å². The van der Waals surface area contributed by atoms with Crippen LogP contribution in [0.5, 0.6) is 0 Å². The van der Waals surface area contributed by atoms with Gasteiger partial charge in [0, 0.05) is 12.2 Å². The minimum atomic E-state index is -0.291. The fourth-order valence-corrected chi connectivity index (χ4v) is 2.43. The van der Waals surface area contributed by atoms with Crippen LogP contribution in [0, 0.1) is 6.92 Å². The van der Waals surface area contributed by atoms with E-state index in [1.807, 2.05) is 36.9 Å². The zero-order valence-electron chi connectivity index (χ0n) is 11.3. The van der Waals surface area contributed by atoms with E-state index >= 15 is 0 Å². The second-order valence-corrected chi connectivity index (χ2v) is 4.78. The molecule has 0 radical (unpaired) electrons. The smallest absolute Gasteiger partial charge is 0.249 e. The molecule has 1 saturated heterocycles. The van der Waals surface area contributed by atoms with Crippen LogP contribution in [0.15, 0.2) is 18.2 Å². The Morgan fingerprint density at radius 3 is 2.74 bits per heavy atom. The molecule has 2 rings (SSSR count). The van der Waals surface area contributed by atoms with Gasteiger partial charge in [-0.15, -0.1) is 0 Å². The molecular weight excluding hydrogens is 242 g/mol. The maximum absolute atomic E-state index is 11.8. The predicted octanol–water partition coefficient (Wildman–Crippen LogP) is 0.695. The van der Waals surface area contributed by atoms with Crippen molar-refractivity contribution in [1.29, 1.82) is 0 Å². The molecule has 1 aromatic rings. The van der Waals surface area contributed by atoms with E-state index in [4.69, 9.17) is 5.73 Å². The Morgan fingerprint density at radius 1 is 1.42 bits per heavy atom. The van der Waals surface area contributed by atoms with Crippen LogP contribution in [0.25, 0.3) is 0 Å². The molecule has 1 aliphatic heterocycles. The zero-order valence-corrected chi connectivity index (χ0v) is 11.3. The van der Waals surface area contributed by atoms with Gasteiger partial charge in [0.25, 0.3) is 0 Å². The van der Waals surface area contributed by atoms with E-state index in [1.165, 1.54) is 0 Å². The van der Waals surface area contributed by atoms with Crippen molar-refractivity contribution in [3.8, 4) is 0 Å². The standard InChI is InChI=1S/C14H19N3O2/c1-3-12-14(19)16-13(18)8-17(12)11-5-4-10(7-15)9(2)6-11/h4-6,12H,3,7-8,15H2,1-2H3,(H,16,18,19). The fraction of sp³-hybridized carbons (Fsp3) is 0.429. The first kappa shape index (κ1) is 13.5. The summed E-state index contributed by atoms with van der Waals surface area (Å²) < 4.78 is 0. The van der Waals surface area contributed by atoms with Gasteiger partial charge in [-0.05, 0) is 36.6 Å².